The Morgan fingerprint density at radius 2 is 1.67 bits per heavy atom. The summed E-state index contributed by atoms with van der Waals surface area (Å²) in [6.45, 7) is 2.27. The first-order valence-corrected chi connectivity index (χ1v) is 6.39. The van der Waals surface area contributed by atoms with Crippen molar-refractivity contribution in [3.05, 3.63) is 22.4 Å². The molecule has 0 aromatic carbocycles. The summed E-state index contributed by atoms with van der Waals surface area (Å²) in [4.78, 5) is 0. The number of halogens is 2. The maximum Gasteiger partial charge on any atom is -0.00613 e. The molecule has 0 aliphatic carbocycles. The van der Waals surface area contributed by atoms with Gasteiger partial charge in [-0.3, -0.25) is 0 Å². The summed E-state index contributed by atoms with van der Waals surface area (Å²) in [5, 5.41) is 4.44. The third-order valence-electron chi connectivity index (χ3n) is 2.40. The molecule has 0 nitrogen and oxygen atoms in total. The van der Waals surface area contributed by atoms with Crippen molar-refractivity contribution in [1.29, 1.82) is 0 Å². The lowest BCUT2D eigenvalue weighted by molar-refractivity contribution is 0.608. The van der Waals surface area contributed by atoms with Crippen molar-refractivity contribution in [2.24, 2.45) is 0 Å². The smallest absolute Gasteiger partial charge is 0.00613 e. The molecule has 0 saturated carbocycles. The highest BCUT2D eigenvalue weighted by Gasteiger charge is 1.93. The summed E-state index contributed by atoms with van der Waals surface area (Å²) in [6.07, 6.45) is 9.70. The summed E-state index contributed by atoms with van der Waals surface area (Å²) >= 11 is 1.81. The van der Waals surface area contributed by atoms with Crippen molar-refractivity contribution in [3.8, 4) is 0 Å². The van der Waals surface area contributed by atoms with E-state index in [4.69, 9.17) is 0 Å². The minimum atomic E-state index is 0. The summed E-state index contributed by atoms with van der Waals surface area (Å²) in [5.41, 5.74) is 1.53. The minimum absolute atomic E-state index is 0. The molecule has 0 fully saturated rings. The largest absolute Gasteiger partial charge is 0.152 e. The molecule has 1 heterocycles. The highest BCUT2D eigenvalue weighted by Crippen LogP contribution is 2.12. The summed E-state index contributed by atoms with van der Waals surface area (Å²) in [6, 6.07) is 2.25. The molecule has 0 saturated heterocycles. The average molecular weight is 452 g/mol. The van der Waals surface area contributed by atoms with Crippen LogP contribution in [0.1, 0.15) is 51.0 Å². The van der Waals surface area contributed by atoms with E-state index < -0.39 is 0 Å². The molecular formula is C12H22I2S. The van der Waals surface area contributed by atoms with E-state index in [1.54, 1.807) is 0 Å². The molecular weight excluding hydrogens is 430 g/mol. The van der Waals surface area contributed by atoms with Crippen LogP contribution in [-0.4, -0.2) is 0 Å². The van der Waals surface area contributed by atoms with Gasteiger partial charge in [0.2, 0.25) is 0 Å². The van der Waals surface area contributed by atoms with E-state index in [0.29, 0.717) is 0 Å². The van der Waals surface area contributed by atoms with Gasteiger partial charge in [0.15, 0.2) is 0 Å². The second-order valence-electron chi connectivity index (χ2n) is 3.65. The molecule has 0 amide bonds. The lowest BCUT2D eigenvalue weighted by Crippen LogP contribution is -1.83. The topological polar surface area (TPSA) is 0 Å². The molecule has 0 aliphatic rings. The van der Waals surface area contributed by atoms with Gasteiger partial charge in [-0.2, -0.15) is 11.3 Å². The van der Waals surface area contributed by atoms with Crippen LogP contribution in [0, 0.1) is 0 Å². The summed E-state index contributed by atoms with van der Waals surface area (Å²) < 4.78 is 0. The highest BCUT2D eigenvalue weighted by atomic mass is 127. The Morgan fingerprint density at radius 3 is 2.27 bits per heavy atom. The van der Waals surface area contributed by atoms with Crippen LogP contribution in [0.3, 0.4) is 0 Å². The first kappa shape index (κ1) is 18.5. The molecule has 0 atom stereocenters. The first-order chi connectivity index (χ1) is 6.43. The number of unbranched alkanes of at least 4 members (excludes halogenated alkanes) is 5. The number of aryl methyl sites for hydroxylation is 1. The van der Waals surface area contributed by atoms with Crippen molar-refractivity contribution in [2.75, 3.05) is 0 Å². The molecule has 90 valence electrons. The first-order valence-electron chi connectivity index (χ1n) is 5.44. The molecule has 0 bridgehead atoms. The molecule has 0 radical (unpaired) electrons. The Balaban J connectivity index is 0. The third kappa shape index (κ3) is 10.1. The van der Waals surface area contributed by atoms with E-state index in [1.165, 1.54) is 50.5 Å². The van der Waals surface area contributed by atoms with E-state index in [9.17, 15) is 0 Å². The number of rotatable bonds is 7. The number of hydrogen-bond acceptors (Lipinski definition) is 1. The predicted molar refractivity (Wildman–Crippen MR) is 92.2 cm³/mol. The fourth-order valence-electron chi connectivity index (χ4n) is 1.54. The van der Waals surface area contributed by atoms with Crippen LogP contribution in [0.4, 0.5) is 0 Å². The molecule has 15 heavy (non-hydrogen) atoms. The summed E-state index contributed by atoms with van der Waals surface area (Å²) in [5.74, 6) is 0. The Bertz CT molecular complexity index is 197. The predicted octanol–water partition coefficient (Wildman–Crippen LogP) is 5.89. The summed E-state index contributed by atoms with van der Waals surface area (Å²) in [7, 11) is 0. The van der Waals surface area contributed by atoms with Gasteiger partial charge in [-0.05, 0) is 35.2 Å². The number of hydrogen-bond donors (Lipinski definition) is 0. The molecule has 1 rings (SSSR count). The maximum atomic E-state index is 2.27. The number of thiophene rings is 1. The van der Waals surface area contributed by atoms with Gasteiger partial charge in [0.1, 0.15) is 0 Å². The fourth-order valence-corrected chi connectivity index (χ4v) is 2.25. The van der Waals surface area contributed by atoms with Gasteiger partial charge in [-0.15, -0.1) is 48.0 Å². The van der Waals surface area contributed by atoms with Crippen LogP contribution < -0.4 is 0 Å². The standard InChI is InChI=1S/C12H20S.2HI/c1-2-3-4-5-6-7-8-12-9-10-13-11-12;;/h9-11H,2-8H2,1H3;2*1H. The third-order valence-corrected chi connectivity index (χ3v) is 3.13. The van der Waals surface area contributed by atoms with Crippen LogP contribution in [0.25, 0.3) is 0 Å². The van der Waals surface area contributed by atoms with Gasteiger partial charge in [0, 0.05) is 0 Å². The van der Waals surface area contributed by atoms with Gasteiger partial charge in [0.05, 0.1) is 0 Å². The Labute approximate surface area is 132 Å². The lowest BCUT2D eigenvalue weighted by Gasteiger charge is -1.99. The molecule has 0 N–H and O–H groups in total. The van der Waals surface area contributed by atoms with E-state index in [0.717, 1.165) is 0 Å². The zero-order valence-corrected chi connectivity index (χ0v) is 14.9. The minimum Gasteiger partial charge on any atom is -0.152 e. The van der Waals surface area contributed by atoms with E-state index in [-0.39, 0.29) is 48.0 Å². The van der Waals surface area contributed by atoms with Crippen molar-refractivity contribution in [2.45, 2.75) is 51.9 Å². The van der Waals surface area contributed by atoms with Crippen molar-refractivity contribution in [3.63, 3.8) is 0 Å². The van der Waals surface area contributed by atoms with Crippen LogP contribution in [-0.2, 0) is 6.42 Å². The monoisotopic (exact) mass is 452 g/mol. The second-order valence-corrected chi connectivity index (χ2v) is 4.43. The second kappa shape index (κ2) is 13.2. The zero-order valence-electron chi connectivity index (χ0n) is 9.41. The molecule has 1 aromatic heterocycles. The molecule has 0 aliphatic heterocycles. The van der Waals surface area contributed by atoms with Crippen LogP contribution in [0.5, 0.6) is 0 Å². The Morgan fingerprint density at radius 1 is 1.00 bits per heavy atom. The van der Waals surface area contributed by atoms with Crippen LogP contribution in [0.15, 0.2) is 16.8 Å². The molecule has 3 heteroatoms. The lowest BCUT2D eigenvalue weighted by atomic mass is 10.1. The van der Waals surface area contributed by atoms with Gasteiger partial charge in [-0.1, -0.05) is 39.0 Å². The van der Waals surface area contributed by atoms with Crippen molar-refractivity contribution in [1.82, 2.24) is 0 Å². The van der Waals surface area contributed by atoms with Crippen molar-refractivity contribution >= 4 is 59.3 Å². The highest BCUT2D eigenvalue weighted by molar-refractivity contribution is 14.0. The normalized spacial score (nSPS) is 9.13. The van der Waals surface area contributed by atoms with Gasteiger partial charge in [0.25, 0.3) is 0 Å². The molecule has 0 unspecified atom stereocenters. The van der Waals surface area contributed by atoms with Gasteiger partial charge < -0.3 is 0 Å². The Kier molecular flexibility index (Phi) is 16.3. The van der Waals surface area contributed by atoms with E-state index in [1.807, 2.05) is 11.3 Å². The van der Waals surface area contributed by atoms with Crippen LogP contribution in [0.2, 0.25) is 0 Å². The van der Waals surface area contributed by atoms with E-state index in [2.05, 4.69) is 23.8 Å². The molecule has 1 aromatic rings. The van der Waals surface area contributed by atoms with E-state index >= 15 is 0 Å². The molecule has 0 spiro atoms. The quantitative estimate of drug-likeness (QED) is 0.358. The van der Waals surface area contributed by atoms with Crippen molar-refractivity contribution < 1.29 is 0 Å². The van der Waals surface area contributed by atoms with Gasteiger partial charge in [-0.25, -0.2) is 0 Å². The Hall–Kier alpha value is 1.16. The fraction of sp³-hybridized carbons (Fsp3) is 0.667. The maximum absolute atomic E-state index is 2.27. The van der Waals surface area contributed by atoms with Gasteiger partial charge >= 0.3 is 0 Å². The zero-order chi connectivity index (χ0) is 9.36. The van der Waals surface area contributed by atoms with Crippen LogP contribution >= 0.6 is 59.3 Å². The SMILES string of the molecule is CCCCCCCCc1ccsc1.I.I. The average Bonchev–Trinajstić information content (AvgIpc) is 2.63.